The highest BCUT2D eigenvalue weighted by Crippen LogP contribution is 2.45. The number of rotatable bonds is 2. The van der Waals surface area contributed by atoms with Crippen molar-refractivity contribution in [2.24, 2.45) is 0 Å². The summed E-state index contributed by atoms with van der Waals surface area (Å²) in [6, 6.07) is 5.21. The standard InChI is InChI=1S/C9H12Cl2FPSi/c1-14(2,3)7-4-5-9(13(10)11)8(12)6-7/h4-6H,1-3H3. The lowest BCUT2D eigenvalue weighted by molar-refractivity contribution is 0.637. The van der Waals surface area contributed by atoms with Crippen molar-refractivity contribution in [3.63, 3.8) is 0 Å². The smallest absolute Gasteiger partial charge is 0.133 e. The molecule has 0 amide bonds. The minimum Gasteiger partial charge on any atom is -0.206 e. The lowest BCUT2D eigenvalue weighted by atomic mass is 10.3. The Hall–Kier alpha value is 0.377. The molecule has 1 aromatic carbocycles. The summed E-state index contributed by atoms with van der Waals surface area (Å²) in [5, 5.41) is 1.51. The van der Waals surface area contributed by atoms with Gasteiger partial charge in [-0.05, 0) is 12.1 Å². The zero-order valence-corrected chi connectivity index (χ0v) is 11.7. The lowest BCUT2D eigenvalue weighted by Crippen LogP contribution is -2.38. The first-order valence-electron chi connectivity index (χ1n) is 4.24. The summed E-state index contributed by atoms with van der Waals surface area (Å²) < 4.78 is 13.5. The fourth-order valence-corrected chi connectivity index (χ4v) is 3.49. The quantitative estimate of drug-likeness (QED) is 0.566. The van der Waals surface area contributed by atoms with E-state index in [0.29, 0.717) is 5.30 Å². The van der Waals surface area contributed by atoms with Crippen LogP contribution >= 0.6 is 29.1 Å². The molecule has 0 radical (unpaired) electrons. The van der Waals surface area contributed by atoms with Crippen LogP contribution in [-0.2, 0) is 0 Å². The van der Waals surface area contributed by atoms with Gasteiger partial charge in [-0.2, -0.15) is 0 Å². The van der Waals surface area contributed by atoms with Crippen molar-refractivity contribution in [2.45, 2.75) is 19.6 Å². The van der Waals surface area contributed by atoms with Crippen LogP contribution in [0.4, 0.5) is 4.39 Å². The second-order valence-corrected chi connectivity index (χ2v) is 12.7. The van der Waals surface area contributed by atoms with Gasteiger partial charge in [0.25, 0.3) is 0 Å². The van der Waals surface area contributed by atoms with Crippen LogP contribution in [0.3, 0.4) is 0 Å². The van der Waals surface area contributed by atoms with Gasteiger partial charge < -0.3 is 0 Å². The van der Waals surface area contributed by atoms with Gasteiger partial charge in [0.2, 0.25) is 0 Å². The first kappa shape index (κ1) is 12.4. The van der Waals surface area contributed by atoms with Gasteiger partial charge >= 0.3 is 0 Å². The van der Waals surface area contributed by atoms with Gasteiger partial charge in [-0.3, -0.25) is 0 Å². The third-order valence-corrected chi connectivity index (χ3v) is 5.86. The van der Waals surface area contributed by atoms with E-state index in [1.165, 1.54) is 0 Å². The largest absolute Gasteiger partial charge is 0.206 e. The number of hydrogen-bond donors (Lipinski definition) is 0. The maximum Gasteiger partial charge on any atom is 0.133 e. The van der Waals surface area contributed by atoms with Gasteiger partial charge in [0.15, 0.2) is 0 Å². The Balaban J connectivity index is 3.13. The zero-order chi connectivity index (χ0) is 10.9. The predicted molar refractivity (Wildman–Crippen MR) is 67.6 cm³/mol. The molecule has 0 aromatic heterocycles. The first-order chi connectivity index (χ1) is 6.32. The van der Waals surface area contributed by atoms with E-state index >= 15 is 0 Å². The van der Waals surface area contributed by atoms with Gasteiger partial charge in [-0.1, -0.05) is 53.4 Å². The lowest BCUT2D eigenvalue weighted by Gasteiger charge is -2.17. The molecule has 0 spiro atoms. The van der Waals surface area contributed by atoms with Crippen molar-refractivity contribution in [2.75, 3.05) is 0 Å². The maximum absolute atomic E-state index is 13.5. The van der Waals surface area contributed by atoms with Crippen LogP contribution in [-0.4, -0.2) is 8.07 Å². The Morgan fingerprint density at radius 2 is 1.79 bits per heavy atom. The Morgan fingerprint density at radius 1 is 1.21 bits per heavy atom. The molecule has 0 saturated heterocycles. The topological polar surface area (TPSA) is 0 Å². The third kappa shape index (κ3) is 2.93. The average molecular weight is 269 g/mol. The van der Waals surface area contributed by atoms with Crippen molar-refractivity contribution in [3.8, 4) is 0 Å². The summed E-state index contributed by atoms with van der Waals surface area (Å²) in [6.45, 7) is 5.14. The van der Waals surface area contributed by atoms with E-state index in [4.69, 9.17) is 22.5 Å². The molecule has 0 fully saturated rings. The number of halogens is 3. The summed E-state index contributed by atoms with van der Waals surface area (Å²) in [5.41, 5.74) is 0. The number of hydrogen-bond acceptors (Lipinski definition) is 0. The van der Waals surface area contributed by atoms with E-state index in [1.807, 2.05) is 6.07 Å². The van der Waals surface area contributed by atoms with Crippen LogP contribution in [0.15, 0.2) is 18.2 Å². The van der Waals surface area contributed by atoms with Crippen LogP contribution in [0.5, 0.6) is 0 Å². The van der Waals surface area contributed by atoms with Gasteiger partial charge in [-0.15, -0.1) is 0 Å². The average Bonchev–Trinajstić information content (AvgIpc) is 2.01. The predicted octanol–water partition coefficient (Wildman–Crippen LogP) is 3.79. The minimum atomic E-state index is -1.44. The highest BCUT2D eigenvalue weighted by molar-refractivity contribution is 8.08. The molecule has 1 aromatic rings. The van der Waals surface area contributed by atoms with E-state index in [0.717, 1.165) is 5.19 Å². The second kappa shape index (κ2) is 4.48. The van der Waals surface area contributed by atoms with Crippen LogP contribution in [0.2, 0.25) is 19.6 Å². The Kier molecular flexibility index (Phi) is 3.99. The fourth-order valence-electron chi connectivity index (χ4n) is 1.11. The highest BCUT2D eigenvalue weighted by atomic mass is 35.9. The highest BCUT2D eigenvalue weighted by Gasteiger charge is 2.19. The molecule has 0 N–H and O–H groups in total. The third-order valence-electron chi connectivity index (χ3n) is 2.00. The SMILES string of the molecule is C[Si](C)(C)c1ccc(P(Cl)Cl)c(F)c1. The van der Waals surface area contributed by atoms with Gasteiger partial charge in [-0.25, -0.2) is 4.39 Å². The van der Waals surface area contributed by atoms with Crippen molar-refractivity contribution < 1.29 is 4.39 Å². The first-order valence-corrected chi connectivity index (χ1v) is 10.9. The van der Waals surface area contributed by atoms with E-state index in [-0.39, 0.29) is 5.82 Å². The molecule has 0 bridgehead atoms. The molecular formula is C9H12Cl2FPSi. The normalized spacial score (nSPS) is 12.2. The van der Waals surface area contributed by atoms with Crippen molar-refractivity contribution in [1.29, 1.82) is 0 Å². The summed E-state index contributed by atoms with van der Waals surface area (Å²) in [4.78, 5) is 0. The monoisotopic (exact) mass is 268 g/mol. The van der Waals surface area contributed by atoms with Crippen molar-refractivity contribution in [3.05, 3.63) is 24.0 Å². The summed E-state index contributed by atoms with van der Waals surface area (Å²) in [6.07, 6.45) is 0. The molecule has 78 valence electrons. The molecule has 14 heavy (non-hydrogen) atoms. The van der Waals surface area contributed by atoms with Crippen LogP contribution in [0.1, 0.15) is 0 Å². The molecule has 0 aliphatic rings. The molecule has 0 heterocycles. The molecule has 5 heteroatoms. The van der Waals surface area contributed by atoms with E-state index in [1.54, 1.807) is 12.1 Å². The number of benzene rings is 1. The van der Waals surface area contributed by atoms with Crippen LogP contribution < -0.4 is 10.5 Å². The van der Waals surface area contributed by atoms with Crippen molar-refractivity contribution >= 4 is 47.7 Å². The summed E-state index contributed by atoms with van der Waals surface area (Å²) in [7, 11) is -1.44. The molecule has 0 atom stereocenters. The fraction of sp³-hybridized carbons (Fsp3) is 0.333. The second-order valence-electron chi connectivity index (χ2n) is 4.15. The zero-order valence-electron chi connectivity index (χ0n) is 8.31. The Morgan fingerprint density at radius 3 is 2.14 bits per heavy atom. The molecule has 0 aliphatic heterocycles. The van der Waals surface area contributed by atoms with Gasteiger partial charge in [0.1, 0.15) is 12.4 Å². The molecule has 0 nitrogen and oxygen atoms in total. The molecule has 0 unspecified atom stereocenters. The molecule has 1 rings (SSSR count). The maximum atomic E-state index is 13.5. The van der Waals surface area contributed by atoms with E-state index in [2.05, 4.69) is 19.6 Å². The Labute approximate surface area is 95.8 Å². The van der Waals surface area contributed by atoms with Crippen LogP contribution in [0, 0.1) is 5.82 Å². The van der Waals surface area contributed by atoms with Crippen molar-refractivity contribution in [1.82, 2.24) is 0 Å². The van der Waals surface area contributed by atoms with Gasteiger partial charge in [0, 0.05) is 5.30 Å². The molecule has 0 aliphatic carbocycles. The van der Waals surface area contributed by atoms with E-state index in [9.17, 15) is 4.39 Å². The van der Waals surface area contributed by atoms with E-state index < -0.39 is 14.7 Å². The Bertz CT molecular complexity index is 336. The summed E-state index contributed by atoms with van der Waals surface area (Å²) in [5.74, 6) is -0.277. The summed E-state index contributed by atoms with van der Waals surface area (Å²) >= 11 is 11.4. The minimum absolute atomic E-state index is 0.277. The van der Waals surface area contributed by atoms with Gasteiger partial charge in [0.05, 0.1) is 8.07 Å². The molecule has 0 saturated carbocycles. The molecular weight excluding hydrogens is 257 g/mol. The van der Waals surface area contributed by atoms with Crippen LogP contribution in [0.25, 0.3) is 0 Å².